The number of carbonyl (C=O) groups is 2. The molecule has 0 aromatic carbocycles. The summed E-state index contributed by atoms with van der Waals surface area (Å²) in [5.74, 6) is -1.38. The van der Waals surface area contributed by atoms with Crippen LogP contribution in [0.3, 0.4) is 0 Å². The topological polar surface area (TPSA) is 54.4 Å². The summed E-state index contributed by atoms with van der Waals surface area (Å²) in [5.41, 5.74) is 0. The molecular weight excluding hydrogens is 146 g/mol. The van der Waals surface area contributed by atoms with Crippen LogP contribution >= 0.6 is 0 Å². The van der Waals surface area contributed by atoms with Crippen LogP contribution in [-0.2, 0) is 9.59 Å². The molecule has 0 aromatic rings. The molecule has 0 amide bonds. The van der Waals surface area contributed by atoms with Crippen LogP contribution in [0.15, 0.2) is 0 Å². The fourth-order valence-corrected chi connectivity index (χ4v) is 1.05. The minimum Gasteiger partial charge on any atom is -0.476 e. The van der Waals surface area contributed by atoms with Gasteiger partial charge in [-0.05, 0) is 0 Å². The van der Waals surface area contributed by atoms with Crippen molar-refractivity contribution >= 4 is 11.8 Å². The molecule has 0 bridgehead atoms. The minimum atomic E-state index is -1.06. The van der Waals surface area contributed by atoms with E-state index < -0.39 is 12.0 Å². The minimum absolute atomic E-state index is 0.130. The van der Waals surface area contributed by atoms with Crippen molar-refractivity contribution in [1.29, 1.82) is 0 Å². The van der Waals surface area contributed by atoms with Gasteiger partial charge in [0.1, 0.15) is 0 Å². The first-order valence-electron chi connectivity index (χ1n) is 3.31. The Morgan fingerprint density at radius 2 is 1.64 bits per heavy atom. The zero-order valence-electron chi connectivity index (χ0n) is 7.29. The monoisotopic (exact) mass is 160 g/mol. The summed E-state index contributed by atoms with van der Waals surface area (Å²) >= 11 is 0. The number of carbonyl (C=O) groups excluding carboxylic acids is 1. The van der Waals surface area contributed by atoms with Crippen molar-refractivity contribution < 1.29 is 19.2 Å². The average molecular weight is 160 g/mol. The van der Waals surface area contributed by atoms with Crippen LogP contribution in [0.1, 0.15) is 6.92 Å². The Labute approximate surface area is 66.0 Å². The van der Waals surface area contributed by atoms with E-state index in [-0.39, 0.29) is 10.3 Å². The van der Waals surface area contributed by atoms with E-state index >= 15 is 0 Å². The summed E-state index contributed by atoms with van der Waals surface area (Å²) in [5, 5.41) is 8.64. The molecule has 0 rings (SSSR count). The zero-order chi connectivity index (χ0) is 9.23. The molecule has 0 aliphatic heterocycles. The molecule has 0 heterocycles. The fraction of sp³-hybridized carbons (Fsp3) is 0.714. The van der Waals surface area contributed by atoms with E-state index in [1.165, 1.54) is 6.92 Å². The maximum absolute atomic E-state index is 10.8. The number of carboxylic acid groups (broad SMARTS) is 1. The predicted octanol–water partition coefficient (Wildman–Crippen LogP) is -0.265. The van der Waals surface area contributed by atoms with Gasteiger partial charge in [-0.15, -0.1) is 0 Å². The van der Waals surface area contributed by atoms with Gasteiger partial charge in [0.15, 0.2) is 5.78 Å². The highest BCUT2D eigenvalue weighted by Gasteiger charge is 2.35. The first-order valence-corrected chi connectivity index (χ1v) is 3.31. The van der Waals surface area contributed by atoms with Crippen LogP contribution in [0.25, 0.3) is 0 Å². The fourth-order valence-electron chi connectivity index (χ4n) is 1.05. The van der Waals surface area contributed by atoms with E-state index in [0.717, 1.165) is 0 Å². The number of hydrogen-bond donors (Lipinski definition) is 1. The van der Waals surface area contributed by atoms with Gasteiger partial charge in [-0.2, -0.15) is 0 Å². The Bertz CT molecular complexity index is 167. The second-order valence-electron chi connectivity index (χ2n) is 3.47. The smallest absolute Gasteiger partial charge is 0.370 e. The Kier molecular flexibility index (Phi) is 2.76. The van der Waals surface area contributed by atoms with Crippen molar-refractivity contribution in [3.05, 3.63) is 0 Å². The summed E-state index contributed by atoms with van der Waals surface area (Å²) in [6, 6.07) is -0.949. The molecule has 1 N–H and O–H groups in total. The average Bonchev–Trinajstić information content (AvgIpc) is 1.54. The number of quaternary nitrogens is 1. The molecule has 4 nitrogen and oxygen atoms in total. The SMILES string of the molecule is CC(=O)C(C(=O)O)[N+](C)(C)C. The highest BCUT2D eigenvalue weighted by Crippen LogP contribution is 2.03. The van der Waals surface area contributed by atoms with E-state index in [0.29, 0.717) is 0 Å². The van der Waals surface area contributed by atoms with Crippen molar-refractivity contribution in [1.82, 2.24) is 0 Å². The number of ketones is 1. The molecule has 0 spiro atoms. The van der Waals surface area contributed by atoms with Crippen LogP contribution in [0, 0.1) is 0 Å². The number of Topliss-reactive ketones (excluding diaryl/α,β-unsaturated/α-hetero) is 1. The molecule has 11 heavy (non-hydrogen) atoms. The van der Waals surface area contributed by atoms with E-state index in [1.54, 1.807) is 21.1 Å². The van der Waals surface area contributed by atoms with Crippen molar-refractivity contribution in [3.8, 4) is 0 Å². The first kappa shape index (κ1) is 10.1. The summed E-state index contributed by atoms with van der Waals surface area (Å²) in [7, 11) is 5.04. The number of hydrogen-bond acceptors (Lipinski definition) is 2. The maximum Gasteiger partial charge on any atom is 0.370 e. The van der Waals surface area contributed by atoms with Gasteiger partial charge >= 0.3 is 5.97 Å². The molecule has 1 atom stereocenters. The number of likely N-dealkylation sites (N-methyl/N-ethyl adjacent to an activating group) is 1. The molecule has 0 saturated carbocycles. The lowest BCUT2D eigenvalue weighted by Crippen LogP contribution is -2.53. The zero-order valence-corrected chi connectivity index (χ0v) is 7.29. The summed E-state index contributed by atoms with van der Waals surface area (Å²) < 4.78 is 0.130. The summed E-state index contributed by atoms with van der Waals surface area (Å²) in [4.78, 5) is 21.4. The number of carboxylic acids is 1. The van der Waals surface area contributed by atoms with Crippen molar-refractivity contribution in [2.75, 3.05) is 21.1 Å². The van der Waals surface area contributed by atoms with Gasteiger partial charge in [-0.1, -0.05) is 0 Å². The molecule has 0 aliphatic carbocycles. The molecular formula is C7H14NO3+. The van der Waals surface area contributed by atoms with Crippen LogP contribution in [0.2, 0.25) is 0 Å². The van der Waals surface area contributed by atoms with Gasteiger partial charge in [-0.25, -0.2) is 4.79 Å². The molecule has 0 aromatic heterocycles. The van der Waals surface area contributed by atoms with Crippen LogP contribution in [0.4, 0.5) is 0 Å². The highest BCUT2D eigenvalue weighted by molar-refractivity contribution is 5.99. The van der Waals surface area contributed by atoms with Crippen molar-refractivity contribution in [3.63, 3.8) is 0 Å². The van der Waals surface area contributed by atoms with Crippen LogP contribution in [-0.4, -0.2) is 48.5 Å². The van der Waals surface area contributed by atoms with E-state index in [1.807, 2.05) is 0 Å². The standard InChI is InChI=1S/C7H13NO3/c1-5(9)6(7(10)11)8(2,3)4/h6H,1-4H3/p+1. The van der Waals surface area contributed by atoms with E-state index in [4.69, 9.17) is 5.11 Å². The Balaban J connectivity index is 4.63. The lowest BCUT2D eigenvalue weighted by atomic mass is 10.1. The Morgan fingerprint density at radius 3 is 1.64 bits per heavy atom. The van der Waals surface area contributed by atoms with Crippen LogP contribution < -0.4 is 0 Å². The molecule has 0 aliphatic rings. The van der Waals surface area contributed by atoms with Crippen molar-refractivity contribution in [2.24, 2.45) is 0 Å². The molecule has 1 unspecified atom stereocenters. The van der Waals surface area contributed by atoms with E-state index in [9.17, 15) is 9.59 Å². The predicted molar refractivity (Wildman–Crippen MR) is 40.1 cm³/mol. The quantitative estimate of drug-likeness (QED) is 0.457. The highest BCUT2D eigenvalue weighted by atomic mass is 16.4. The van der Waals surface area contributed by atoms with Crippen molar-refractivity contribution in [2.45, 2.75) is 13.0 Å². The maximum atomic E-state index is 10.8. The number of aliphatic carboxylic acids is 1. The Hall–Kier alpha value is -0.900. The first-order chi connectivity index (χ1) is 4.76. The Morgan fingerprint density at radius 1 is 1.27 bits per heavy atom. The lowest BCUT2D eigenvalue weighted by molar-refractivity contribution is -0.878. The number of rotatable bonds is 3. The van der Waals surface area contributed by atoms with Gasteiger partial charge in [0, 0.05) is 6.92 Å². The molecule has 0 fully saturated rings. The molecule has 64 valence electrons. The number of nitrogens with zero attached hydrogens (tertiary/aromatic N) is 1. The summed E-state index contributed by atoms with van der Waals surface area (Å²) in [6.45, 7) is 1.29. The third-order valence-electron chi connectivity index (χ3n) is 1.39. The third kappa shape index (κ3) is 2.67. The van der Waals surface area contributed by atoms with Gasteiger partial charge in [0.05, 0.1) is 21.1 Å². The largest absolute Gasteiger partial charge is 0.476 e. The molecule has 4 heteroatoms. The summed E-state index contributed by atoms with van der Waals surface area (Å²) in [6.07, 6.45) is 0. The second kappa shape index (κ2) is 3.00. The third-order valence-corrected chi connectivity index (χ3v) is 1.39. The van der Waals surface area contributed by atoms with Gasteiger partial charge in [-0.3, -0.25) is 4.79 Å². The van der Waals surface area contributed by atoms with Gasteiger partial charge in [0.2, 0.25) is 6.04 Å². The molecule has 0 radical (unpaired) electrons. The molecule has 0 saturated heterocycles. The van der Waals surface area contributed by atoms with Crippen LogP contribution in [0.5, 0.6) is 0 Å². The van der Waals surface area contributed by atoms with Gasteiger partial charge < -0.3 is 9.59 Å². The lowest BCUT2D eigenvalue weighted by Gasteiger charge is -2.28. The van der Waals surface area contributed by atoms with Gasteiger partial charge in [0.25, 0.3) is 0 Å². The normalized spacial score (nSPS) is 14.2. The van der Waals surface area contributed by atoms with E-state index in [2.05, 4.69) is 0 Å². The second-order valence-corrected chi connectivity index (χ2v) is 3.47.